The van der Waals surface area contributed by atoms with Gasteiger partial charge in [0.25, 0.3) is 0 Å². The van der Waals surface area contributed by atoms with Crippen molar-refractivity contribution < 1.29 is 0 Å². The van der Waals surface area contributed by atoms with E-state index in [1.165, 1.54) is 4.68 Å². The van der Waals surface area contributed by atoms with Crippen LogP contribution in [0.4, 0.5) is 0 Å². The maximum Gasteiger partial charge on any atom is 0.164 e. The average molecular weight is 188 g/mol. The standard InChI is InChI=1S/C8H6N4.C2H6/c1-12-7(5-9)8-6(11-12)3-2-4-10-8;1-2/h2-4H,1H3;1-2H3. The van der Waals surface area contributed by atoms with Crippen LogP contribution < -0.4 is 0 Å². The molecule has 0 aromatic carbocycles. The van der Waals surface area contributed by atoms with Crippen LogP contribution in [0, 0.1) is 11.3 Å². The molecular formula is C10H12N4. The lowest BCUT2D eigenvalue weighted by molar-refractivity contribution is 0.767. The molecule has 0 atom stereocenters. The Morgan fingerprint density at radius 2 is 2.14 bits per heavy atom. The Hall–Kier alpha value is -1.89. The van der Waals surface area contributed by atoms with E-state index in [9.17, 15) is 0 Å². The van der Waals surface area contributed by atoms with E-state index in [1.807, 2.05) is 19.9 Å². The molecule has 72 valence electrons. The van der Waals surface area contributed by atoms with Crippen LogP contribution in [0.25, 0.3) is 11.0 Å². The number of nitrogens with zero attached hydrogens (tertiary/aromatic N) is 4. The number of fused-ring (bicyclic) bond motifs is 1. The molecule has 0 radical (unpaired) electrons. The fourth-order valence-corrected chi connectivity index (χ4v) is 1.15. The van der Waals surface area contributed by atoms with Crippen molar-refractivity contribution in [3.63, 3.8) is 0 Å². The fourth-order valence-electron chi connectivity index (χ4n) is 1.15. The lowest BCUT2D eigenvalue weighted by Gasteiger charge is -1.86. The quantitative estimate of drug-likeness (QED) is 0.634. The summed E-state index contributed by atoms with van der Waals surface area (Å²) < 4.78 is 1.54. The molecule has 4 nitrogen and oxygen atoms in total. The topological polar surface area (TPSA) is 54.5 Å². The number of aromatic nitrogens is 3. The van der Waals surface area contributed by atoms with Gasteiger partial charge in [0.1, 0.15) is 17.1 Å². The summed E-state index contributed by atoms with van der Waals surface area (Å²) in [7, 11) is 1.74. The first kappa shape index (κ1) is 10.2. The van der Waals surface area contributed by atoms with Gasteiger partial charge in [0.05, 0.1) is 0 Å². The van der Waals surface area contributed by atoms with Crippen LogP contribution in [0.5, 0.6) is 0 Å². The molecule has 2 heterocycles. The average Bonchev–Trinajstić information content (AvgIpc) is 2.56. The van der Waals surface area contributed by atoms with E-state index < -0.39 is 0 Å². The Kier molecular flexibility index (Phi) is 3.19. The van der Waals surface area contributed by atoms with Crippen LogP contribution in [-0.2, 0) is 7.05 Å². The number of nitriles is 1. The van der Waals surface area contributed by atoms with Gasteiger partial charge in [-0.15, -0.1) is 0 Å². The highest BCUT2D eigenvalue weighted by atomic mass is 15.3. The molecule has 0 bridgehead atoms. The predicted molar refractivity (Wildman–Crippen MR) is 54.6 cm³/mol. The molecule has 0 unspecified atom stereocenters. The summed E-state index contributed by atoms with van der Waals surface area (Å²) in [5, 5.41) is 12.9. The highest BCUT2D eigenvalue weighted by Gasteiger charge is 2.07. The van der Waals surface area contributed by atoms with Crippen LogP contribution in [0.1, 0.15) is 19.5 Å². The second-order valence-electron chi connectivity index (χ2n) is 2.46. The van der Waals surface area contributed by atoms with Gasteiger partial charge in [-0.25, -0.2) is 0 Å². The Morgan fingerprint density at radius 3 is 2.79 bits per heavy atom. The smallest absolute Gasteiger partial charge is 0.164 e. The number of pyridine rings is 1. The number of hydrogen-bond donors (Lipinski definition) is 0. The van der Waals surface area contributed by atoms with E-state index in [2.05, 4.69) is 16.2 Å². The van der Waals surface area contributed by atoms with Crippen LogP contribution in [-0.4, -0.2) is 14.8 Å². The van der Waals surface area contributed by atoms with E-state index in [1.54, 1.807) is 19.3 Å². The molecule has 0 saturated carbocycles. The Bertz CT molecular complexity index is 464. The van der Waals surface area contributed by atoms with Crippen molar-refractivity contribution >= 4 is 11.0 Å². The third-order valence-electron chi connectivity index (χ3n) is 1.70. The van der Waals surface area contributed by atoms with Crippen molar-refractivity contribution in [1.29, 1.82) is 5.26 Å². The number of aryl methyl sites for hydroxylation is 1. The summed E-state index contributed by atoms with van der Waals surface area (Å²) >= 11 is 0. The summed E-state index contributed by atoms with van der Waals surface area (Å²) in [5.74, 6) is 0. The normalized spacial score (nSPS) is 9.00. The summed E-state index contributed by atoms with van der Waals surface area (Å²) in [4.78, 5) is 4.07. The van der Waals surface area contributed by atoms with E-state index >= 15 is 0 Å². The van der Waals surface area contributed by atoms with Crippen LogP contribution in [0.15, 0.2) is 18.3 Å². The molecule has 0 saturated heterocycles. The molecule has 0 aliphatic heterocycles. The first-order chi connectivity index (χ1) is 6.83. The minimum atomic E-state index is 0.505. The van der Waals surface area contributed by atoms with Crippen LogP contribution in [0.3, 0.4) is 0 Å². The summed E-state index contributed by atoms with van der Waals surface area (Å²) in [6.07, 6.45) is 1.66. The van der Waals surface area contributed by atoms with Crippen molar-refractivity contribution in [2.24, 2.45) is 7.05 Å². The second-order valence-corrected chi connectivity index (χ2v) is 2.46. The summed E-state index contributed by atoms with van der Waals surface area (Å²) in [6, 6.07) is 5.69. The molecule has 0 aliphatic rings. The van der Waals surface area contributed by atoms with E-state index in [0.29, 0.717) is 11.2 Å². The van der Waals surface area contributed by atoms with Gasteiger partial charge in [-0.3, -0.25) is 9.67 Å². The monoisotopic (exact) mass is 188 g/mol. The Balaban J connectivity index is 0.000000461. The van der Waals surface area contributed by atoms with E-state index in [-0.39, 0.29) is 0 Å². The Morgan fingerprint density at radius 1 is 1.43 bits per heavy atom. The molecule has 0 amide bonds. The van der Waals surface area contributed by atoms with Gasteiger partial charge in [-0.1, -0.05) is 13.8 Å². The van der Waals surface area contributed by atoms with E-state index in [4.69, 9.17) is 5.26 Å². The summed E-state index contributed by atoms with van der Waals surface area (Å²) in [5.41, 5.74) is 1.93. The third kappa shape index (κ3) is 1.57. The summed E-state index contributed by atoms with van der Waals surface area (Å²) in [6.45, 7) is 4.00. The van der Waals surface area contributed by atoms with E-state index in [0.717, 1.165) is 5.52 Å². The molecule has 14 heavy (non-hydrogen) atoms. The van der Waals surface area contributed by atoms with Gasteiger partial charge in [0.2, 0.25) is 0 Å². The zero-order chi connectivity index (χ0) is 10.6. The molecule has 0 aliphatic carbocycles. The van der Waals surface area contributed by atoms with Crippen molar-refractivity contribution in [3.05, 3.63) is 24.0 Å². The number of rotatable bonds is 0. The molecule has 0 spiro atoms. The molecule has 2 rings (SSSR count). The molecule has 0 N–H and O–H groups in total. The van der Waals surface area contributed by atoms with Gasteiger partial charge < -0.3 is 0 Å². The van der Waals surface area contributed by atoms with Gasteiger partial charge in [0, 0.05) is 13.2 Å². The van der Waals surface area contributed by atoms with Gasteiger partial charge in [-0.05, 0) is 12.1 Å². The van der Waals surface area contributed by atoms with Crippen molar-refractivity contribution in [3.8, 4) is 6.07 Å². The van der Waals surface area contributed by atoms with Crippen LogP contribution in [0.2, 0.25) is 0 Å². The molecule has 2 aromatic rings. The minimum Gasteiger partial charge on any atom is -0.255 e. The lowest BCUT2D eigenvalue weighted by atomic mass is 10.3. The second kappa shape index (κ2) is 4.38. The molecule has 0 fully saturated rings. The zero-order valence-corrected chi connectivity index (χ0v) is 8.52. The molecule has 4 heteroatoms. The molecular weight excluding hydrogens is 176 g/mol. The SMILES string of the molecule is CC.Cn1nc2cccnc2c1C#N. The molecule has 2 aromatic heterocycles. The highest BCUT2D eigenvalue weighted by Crippen LogP contribution is 2.12. The van der Waals surface area contributed by atoms with Crippen molar-refractivity contribution in [1.82, 2.24) is 14.8 Å². The van der Waals surface area contributed by atoms with Gasteiger partial charge in [0.15, 0.2) is 5.69 Å². The van der Waals surface area contributed by atoms with Crippen molar-refractivity contribution in [2.45, 2.75) is 13.8 Å². The van der Waals surface area contributed by atoms with Gasteiger partial charge in [-0.2, -0.15) is 10.4 Å². The number of hydrogen-bond acceptors (Lipinski definition) is 3. The first-order valence-corrected chi connectivity index (χ1v) is 4.51. The van der Waals surface area contributed by atoms with Crippen LogP contribution >= 0.6 is 0 Å². The lowest BCUT2D eigenvalue weighted by Crippen LogP contribution is -1.92. The fraction of sp³-hybridized carbons (Fsp3) is 0.300. The zero-order valence-electron chi connectivity index (χ0n) is 8.52. The first-order valence-electron chi connectivity index (χ1n) is 4.51. The largest absolute Gasteiger partial charge is 0.255 e. The predicted octanol–water partition coefficient (Wildman–Crippen LogP) is 1.87. The van der Waals surface area contributed by atoms with Gasteiger partial charge >= 0.3 is 0 Å². The van der Waals surface area contributed by atoms with Crippen molar-refractivity contribution in [2.75, 3.05) is 0 Å². The maximum absolute atomic E-state index is 8.75. The Labute approximate surface area is 82.8 Å². The third-order valence-corrected chi connectivity index (χ3v) is 1.70. The minimum absolute atomic E-state index is 0.505. The highest BCUT2D eigenvalue weighted by molar-refractivity contribution is 5.79. The maximum atomic E-state index is 8.75.